The molecule has 1 aliphatic rings. The molecule has 1 rings (SSSR count). The number of likely N-dealkylation sites (N-methyl/N-ethyl adjacent to an activating group) is 1. The third-order valence-electron chi connectivity index (χ3n) is 9.47. The fraction of sp³-hybridized carbons (Fsp3) is 0.791. The molecular weight excluding hydrogens is 687 g/mol. The Kier molecular flexibility index (Phi) is 29.5. The molecule has 3 unspecified atom stereocenters. The zero-order valence-electron chi connectivity index (χ0n) is 34.4. The predicted molar refractivity (Wildman–Crippen MR) is 221 cm³/mol. The molecule has 5 atom stereocenters. The van der Waals surface area contributed by atoms with E-state index in [4.69, 9.17) is 13.8 Å². The number of unbranched alkanes of at least 4 members (excludes halogenated alkanes) is 14. The number of rotatable bonds is 36. The Morgan fingerprint density at radius 2 is 1.32 bits per heavy atom. The van der Waals surface area contributed by atoms with Gasteiger partial charge in [-0.2, -0.15) is 0 Å². The first-order valence-electron chi connectivity index (χ1n) is 21.1. The Morgan fingerprint density at radius 3 is 1.96 bits per heavy atom. The van der Waals surface area contributed by atoms with Crippen LogP contribution >= 0.6 is 7.82 Å². The van der Waals surface area contributed by atoms with E-state index < -0.39 is 20.0 Å². The lowest BCUT2D eigenvalue weighted by atomic mass is 10.0. The number of carbonyl (C=O) groups excluding carboxylic acids is 1. The number of carbonyl (C=O) groups is 1. The topological polar surface area (TPSA) is 118 Å². The van der Waals surface area contributed by atoms with Crippen molar-refractivity contribution in [2.75, 3.05) is 40.9 Å². The molecule has 1 fully saturated rings. The molecule has 3 N–H and O–H groups in total. The van der Waals surface area contributed by atoms with Gasteiger partial charge in [-0.25, -0.2) is 4.57 Å². The summed E-state index contributed by atoms with van der Waals surface area (Å²) in [5.41, 5.74) is 0. The first kappa shape index (κ1) is 49.4. The molecule has 0 spiro atoms. The van der Waals surface area contributed by atoms with Crippen molar-refractivity contribution in [3.63, 3.8) is 0 Å². The number of aliphatic hydroxyl groups is 1. The van der Waals surface area contributed by atoms with Gasteiger partial charge in [0.25, 0.3) is 0 Å². The highest BCUT2D eigenvalue weighted by atomic mass is 31.2. The van der Waals surface area contributed by atoms with Gasteiger partial charge < -0.3 is 24.5 Å². The largest absolute Gasteiger partial charge is 0.472 e. The molecule has 308 valence electrons. The zero-order valence-corrected chi connectivity index (χ0v) is 35.3. The molecule has 1 heterocycles. The van der Waals surface area contributed by atoms with Gasteiger partial charge in [-0.3, -0.25) is 13.8 Å². The molecule has 0 aromatic rings. The molecule has 0 aromatic carbocycles. The van der Waals surface area contributed by atoms with Crippen LogP contribution in [0.1, 0.15) is 155 Å². The number of allylic oxidation sites excluding steroid dienone is 6. The summed E-state index contributed by atoms with van der Waals surface area (Å²) in [6.45, 7) is 4.71. The first-order chi connectivity index (χ1) is 25.5. The summed E-state index contributed by atoms with van der Waals surface area (Å²) in [5, 5.41) is 13.7. The molecule has 9 nitrogen and oxygen atoms in total. The predicted octanol–water partition coefficient (Wildman–Crippen LogP) is 10.3. The van der Waals surface area contributed by atoms with Gasteiger partial charge in [0.1, 0.15) is 13.2 Å². The first-order valence-corrected chi connectivity index (χ1v) is 22.6. The van der Waals surface area contributed by atoms with Crippen LogP contribution < -0.4 is 5.32 Å². The van der Waals surface area contributed by atoms with Crippen LogP contribution in [0.15, 0.2) is 48.6 Å². The van der Waals surface area contributed by atoms with Crippen LogP contribution in [0, 0.1) is 0 Å². The van der Waals surface area contributed by atoms with Crippen LogP contribution in [-0.4, -0.2) is 85.6 Å². The summed E-state index contributed by atoms with van der Waals surface area (Å²) in [6, 6.07) is -0.877. The van der Waals surface area contributed by atoms with Crippen LogP contribution in [0.3, 0.4) is 0 Å². The Balaban J connectivity index is 2.39. The number of amides is 1. The number of nitrogens with zero attached hydrogens (tertiary/aromatic N) is 1. The lowest BCUT2D eigenvalue weighted by Gasteiger charge is -2.25. The Labute approximate surface area is 324 Å². The van der Waals surface area contributed by atoms with E-state index in [1.807, 2.05) is 27.2 Å². The van der Waals surface area contributed by atoms with E-state index in [1.165, 1.54) is 83.5 Å². The van der Waals surface area contributed by atoms with Gasteiger partial charge in [-0.05, 0) is 51.4 Å². The molecule has 0 saturated carbocycles. The Morgan fingerprint density at radius 1 is 0.755 bits per heavy atom. The van der Waals surface area contributed by atoms with E-state index >= 15 is 0 Å². The molecular formula is C43H80N2O7P+. The summed E-state index contributed by atoms with van der Waals surface area (Å²) >= 11 is 0. The van der Waals surface area contributed by atoms with E-state index in [-0.39, 0.29) is 25.5 Å². The maximum Gasteiger partial charge on any atom is 0.472 e. The van der Waals surface area contributed by atoms with Crippen molar-refractivity contribution in [2.24, 2.45) is 0 Å². The monoisotopic (exact) mass is 768 g/mol. The lowest BCUT2D eigenvalue weighted by Crippen LogP contribution is -2.45. The van der Waals surface area contributed by atoms with E-state index in [9.17, 15) is 19.4 Å². The number of epoxide rings is 1. The van der Waals surface area contributed by atoms with E-state index in [0.717, 1.165) is 44.9 Å². The highest BCUT2D eigenvalue weighted by molar-refractivity contribution is 7.47. The van der Waals surface area contributed by atoms with Crippen LogP contribution in [0.4, 0.5) is 0 Å². The van der Waals surface area contributed by atoms with E-state index in [1.54, 1.807) is 6.08 Å². The van der Waals surface area contributed by atoms with Crippen molar-refractivity contribution >= 4 is 13.7 Å². The second-order valence-corrected chi connectivity index (χ2v) is 17.2. The van der Waals surface area contributed by atoms with Crippen LogP contribution in [-0.2, 0) is 23.1 Å². The van der Waals surface area contributed by atoms with Crippen molar-refractivity contribution in [3.05, 3.63) is 48.6 Å². The molecule has 1 amide bonds. The highest BCUT2D eigenvalue weighted by Gasteiger charge is 2.36. The molecule has 1 aliphatic heterocycles. The smallest absolute Gasteiger partial charge is 0.387 e. The van der Waals surface area contributed by atoms with E-state index in [0.29, 0.717) is 29.7 Å². The maximum atomic E-state index is 12.8. The fourth-order valence-electron chi connectivity index (χ4n) is 5.95. The minimum atomic E-state index is -4.35. The normalized spacial score (nSPS) is 18.8. The minimum Gasteiger partial charge on any atom is -0.387 e. The average molecular weight is 768 g/mol. The molecule has 0 aliphatic carbocycles. The summed E-state index contributed by atoms with van der Waals surface area (Å²) in [6.07, 6.45) is 40.7. The third-order valence-corrected chi connectivity index (χ3v) is 10.5. The van der Waals surface area contributed by atoms with Gasteiger partial charge in [0.15, 0.2) is 0 Å². The number of aliphatic hydroxyl groups excluding tert-OH is 1. The fourth-order valence-corrected chi connectivity index (χ4v) is 6.69. The van der Waals surface area contributed by atoms with Crippen LogP contribution in [0.5, 0.6) is 0 Å². The molecule has 1 saturated heterocycles. The molecule has 53 heavy (non-hydrogen) atoms. The number of nitrogens with one attached hydrogen (secondary N) is 1. The summed E-state index contributed by atoms with van der Waals surface area (Å²) in [5.74, 6) is -0.237. The lowest BCUT2D eigenvalue weighted by molar-refractivity contribution is -0.870. The molecule has 0 bridgehead atoms. The number of phosphoric ester groups is 1. The van der Waals surface area contributed by atoms with Gasteiger partial charge in [0, 0.05) is 6.42 Å². The van der Waals surface area contributed by atoms with Gasteiger partial charge in [-0.15, -0.1) is 0 Å². The molecule has 10 heteroatoms. The summed E-state index contributed by atoms with van der Waals surface area (Å²) < 4.78 is 29.2. The third kappa shape index (κ3) is 31.3. The molecule has 0 radical (unpaired) electrons. The second kappa shape index (κ2) is 31.6. The number of ether oxygens (including phenoxy) is 1. The average Bonchev–Trinajstić information content (AvgIpc) is 3.86. The summed E-state index contributed by atoms with van der Waals surface area (Å²) in [4.78, 5) is 23.0. The zero-order chi connectivity index (χ0) is 39.0. The van der Waals surface area contributed by atoms with Crippen molar-refractivity contribution in [2.45, 2.75) is 179 Å². The Hall–Kier alpha value is -1.58. The van der Waals surface area contributed by atoms with Gasteiger partial charge in [0.2, 0.25) is 5.91 Å². The van der Waals surface area contributed by atoms with Gasteiger partial charge in [-0.1, -0.05) is 146 Å². The summed E-state index contributed by atoms with van der Waals surface area (Å²) in [7, 11) is 1.52. The van der Waals surface area contributed by atoms with Crippen molar-refractivity contribution in [1.82, 2.24) is 5.32 Å². The van der Waals surface area contributed by atoms with Crippen LogP contribution in [0.2, 0.25) is 0 Å². The SMILES string of the molecule is CCCCCCCCCCCCC/C=C/[C@@H](O)[C@H](COP(=O)(O)OCC[N+](C)(C)C)NC(=O)CCC/C=C\C/C=C\C/C=C\CC1OC1CCCCC. The number of phosphoric acid groups is 1. The van der Waals surface area contributed by atoms with E-state index in [2.05, 4.69) is 55.6 Å². The standard InChI is InChI=1S/C43H79N2O7P/c1-6-8-10-11-12-13-14-15-16-19-22-25-29-32-40(46)39(38-51-53(48,49)50-37-36-45(3,4)5)44-43(47)35-31-27-24-21-18-17-20-23-26-30-34-42-41(52-42)33-28-9-7-2/h17,20-21,24,26,29-30,32,39-42,46H,6-16,18-19,22-23,25,27-28,31,33-38H2,1-5H3,(H-,44,47,48,49)/p+1/b20-17-,24-21-,30-26-,32-29+/t39-,40+,41?,42?/m0/s1. The number of hydrogen-bond acceptors (Lipinski definition) is 6. The molecule has 0 aromatic heterocycles. The van der Waals surface area contributed by atoms with Crippen molar-refractivity contribution in [1.29, 1.82) is 0 Å². The maximum absolute atomic E-state index is 12.8. The quantitative estimate of drug-likeness (QED) is 0.0191. The minimum absolute atomic E-state index is 0.0476. The van der Waals surface area contributed by atoms with Crippen LogP contribution in [0.25, 0.3) is 0 Å². The Bertz CT molecular complexity index is 1070. The van der Waals surface area contributed by atoms with Crippen molar-refractivity contribution in [3.8, 4) is 0 Å². The number of hydrogen-bond donors (Lipinski definition) is 3. The number of quaternary nitrogens is 1. The van der Waals surface area contributed by atoms with Gasteiger partial charge >= 0.3 is 7.82 Å². The van der Waals surface area contributed by atoms with Gasteiger partial charge in [0.05, 0.1) is 52.1 Å². The second-order valence-electron chi connectivity index (χ2n) is 15.8. The van der Waals surface area contributed by atoms with Crippen molar-refractivity contribution < 1.29 is 37.6 Å². The highest BCUT2D eigenvalue weighted by Crippen LogP contribution is 2.43.